The van der Waals surface area contributed by atoms with Gasteiger partial charge in [-0.3, -0.25) is 4.57 Å². The lowest BCUT2D eigenvalue weighted by atomic mass is 10.1. The van der Waals surface area contributed by atoms with Crippen LogP contribution in [0.15, 0.2) is 57.8 Å². The molecule has 0 saturated carbocycles. The Hall–Kier alpha value is -3.65. The van der Waals surface area contributed by atoms with E-state index in [-0.39, 0.29) is 28.7 Å². The molecule has 190 valence electrons. The molecular formula is C21H14ClF6N5O3. The molecule has 4 aromatic rings. The van der Waals surface area contributed by atoms with Gasteiger partial charge in [0.2, 0.25) is 11.7 Å². The van der Waals surface area contributed by atoms with E-state index in [9.17, 15) is 36.2 Å². The quantitative estimate of drug-likeness (QED) is 0.369. The van der Waals surface area contributed by atoms with E-state index in [1.165, 1.54) is 30.3 Å². The van der Waals surface area contributed by atoms with E-state index in [2.05, 4.69) is 15.2 Å². The molecule has 2 aromatic carbocycles. The smallest absolute Gasteiger partial charge is 0.382 e. The number of nitrogens with zero attached hydrogens (tertiary/aromatic N) is 5. The zero-order valence-electron chi connectivity index (χ0n) is 17.8. The Balaban J connectivity index is 1.68. The lowest BCUT2D eigenvalue weighted by molar-refractivity contribution is -0.207. The van der Waals surface area contributed by atoms with Crippen LogP contribution in [0, 0.1) is 0 Å². The summed E-state index contributed by atoms with van der Waals surface area (Å²) in [6.45, 7) is -1.64. The van der Waals surface area contributed by atoms with Crippen LogP contribution in [0.25, 0.3) is 22.8 Å². The van der Waals surface area contributed by atoms with Crippen molar-refractivity contribution in [2.24, 2.45) is 0 Å². The van der Waals surface area contributed by atoms with E-state index in [0.717, 1.165) is 22.9 Å². The van der Waals surface area contributed by atoms with Gasteiger partial charge >= 0.3 is 18.0 Å². The van der Waals surface area contributed by atoms with Crippen molar-refractivity contribution in [2.45, 2.75) is 31.5 Å². The van der Waals surface area contributed by atoms with Gasteiger partial charge in [0.1, 0.15) is 6.54 Å². The molecule has 36 heavy (non-hydrogen) atoms. The Labute approximate surface area is 202 Å². The van der Waals surface area contributed by atoms with E-state index >= 15 is 0 Å². The van der Waals surface area contributed by atoms with E-state index in [0.29, 0.717) is 9.59 Å². The predicted molar refractivity (Wildman–Crippen MR) is 113 cm³/mol. The lowest BCUT2D eigenvalue weighted by Crippen LogP contribution is -2.37. The van der Waals surface area contributed by atoms with Crippen molar-refractivity contribution in [3.63, 3.8) is 0 Å². The van der Waals surface area contributed by atoms with Crippen LogP contribution < -0.4 is 5.69 Å². The predicted octanol–water partition coefficient (Wildman–Crippen LogP) is 4.41. The minimum absolute atomic E-state index is 0.00662. The summed E-state index contributed by atoms with van der Waals surface area (Å²) in [6, 6.07) is 9.87. The van der Waals surface area contributed by atoms with E-state index in [1.807, 2.05) is 0 Å². The maximum atomic E-state index is 13.0. The summed E-state index contributed by atoms with van der Waals surface area (Å²) in [6.07, 6.45) is -12.4. The maximum Gasteiger partial charge on any atom is 0.416 e. The first kappa shape index (κ1) is 25.4. The number of hydrogen-bond donors (Lipinski definition) is 1. The SMILES string of the molecule is O=c1n(Cc2nc(-c3cccc(C(F)(F)F)c3)no2)nc(-c2ccc(Cl)cc2)n1CC(O)C(F)(F)F. The minimum Gasteiger partial charge on any atom is -0.382 e. The van der Waals surface area contributed by atoms with Crippen LogP contribution in [0.4, 0.5) is 26.3 Å². The fraction of sp³-hybridized carbons (Fsp3) is 0.238. The molecule has 4 rings (SSSR count). The number of hydrogen-bond acceptors (Lipinski definition) is 6. The average Bonchev–Trinajstić information content (AvgIpc) is 3.39. The maximum absolute atomic E-state index is 13.0. The Morgan fingerprint density at radius 2 is 1.72 bits per heavy atom. The molecule has 2 aromatic heterocycles. The van der Waals surface area contributed by atoms with Crippen molar-refractivity contribution in [1.29, 1.82) is 0 Å². The van der Waals surface area contributed by atoms with Crippen molar-refractivity contribution in [3.8, 4) is 22.8 Å². The van der Waals surface area contributed by atoms with Gasteiger partial charge in [0.05, 0.1) is 12.1 Å². The highest BCUT2D eigenvalue weighted by atomic mass is 35.5. The molecule has 0 aliphatic heterocycles. The molecule has 1 N–H and O–H groups in total. The second-order valence-electron chi connectivity index (χ2n) is 7.53. The van der Waals surface area contributed by atoms with Gasteiger partial charge in [-0.1, -0.05) is 28.9 Å². The van der Waals surface area contributed by atoms with Gasteiger partial charge in [0.15, 0.2) is 11.9 Å². The van der Waals surface area contributed by atoms with E-state index < -0.39 is 42.8 Å². The molecule has 1 atom stereocenters. The van der Waals surface area contributed by atoms with Crippen molar-refractivity contribution in [1.82, 2.24) is 24.5 Å². The van der Waals surface area contributed by atoms with Crippen molar-refractivity contribution in [2.75, 3.05) is 0 Å². The lowest BCUT2D eigenvalue weighted by Gasteiger charge is -2.15. The number of aromatic nitrogens is 5. The van der Waals surface area contributed by atoms with E-state index in [4.69, 9.17) is 16.1 Å². The molecular weight excluding hydrogens is 520 g/mol. The summed E-state index contributed by atoms with van der Waals surface area (Å²) < 4.78 is 84.2. The zero-order valence-corrected chi connectivity index (χ0v) is 18.5. The third-order valence-electron chi connectivity index (χ3n) is 4.96. The zero-order chi connectivity index (χ0) is 26.3. The molecule has 15 heteroatoms. The number of rotatable bonds is 6. The third kappa shape index (κ3) is 5.44. The highest BCUT2D eigenvalue weighted by molar-refractivity contribution is 6.30. The molecule has 8 nitrogen and oxygen atoms in total. The number of benzene rings is 2. The first-order chi connectivity index (χ1) is 16.8. The molecule has 0 aliphatic carbocycles. The monoisotopic (exact) mass is 533 g/mol. The number of aliphatic hydroxyl groups excluding tert-OH is 1. The van der Waals surface area contributed by atoms with Gasteiger partial charge < -0.3 is 9.63 Å². The Morgan fingerprint density at radius 3 is 2.36 bits per heavy atom. The normalized spacial score (nSPS) is 13.2. The van der Waals surface area contributed by atoms with Crippen LogP contribution in [0.1, 0.15) is 11.5 Å². The second kappa shape index (κ2) is 9.43. The van der Waals surface area contributed by atoms with Crippen LogP contribution in [0.2, 0.25) is 5.02 Å². The van der Waals surface area contributed by atoms with Gasteiger partial charge in [-0.25, -0.2) is 9.48 Å². The van der Waals surface area contributed by atoms with Gasteiger partial charge in [0, 0.05) is 16.1 Å². The van der Waals surface area contributed by atoms with E-state index in [1.54, 1.807) is 0 Å². The fourth-order valence-electron chi connectivity index (χ4n) is 3.20. The largest absolute Gasteiger partial charge is 0.416 e. The van der Waals surface area contributed by atoms with Crippen LogP contribution in [0.5, 0.6) is 0 Å². The Kier molecular flexibility index (Phi) is 6.66. The second-order valence-corrected chi connectivity index (χ2v) is 7.97. The number of aliphatic hydroxyl groups is 1. The average molecular weight is 534 g/mol. The van der Waals surface area contributed by atoms with Crippen molar-refractivity contribution >= 4 is 11.6 Å². The summed E-state index contributed by atoms with van der Waals surface area (Å²) in [5.41, 5.74) is -1.73. The van der Waals surface area contributed by atoms with Crippen molar-refractivity contribution in [3.05, 3.63) is 75.5 Å². The Bertz CT molecular complexity index is 1430. The molecule has 0 bridgehead atoms. The molecule has 0 fully saturated rings. The van der Waals surface area contributed by atoms with Crippen molar-refractivity contribution < 1.29 is 36.0 Å². The minimum atomic E-state index is -4.99. The van der Waals surface area contributed by atoms with Gasteiger partial charge in [-0.05, 0) is 36.4 Å². The van der Waals surface area contributed by atoms with Crippen LogP contribution in [0.3, 0.4) is 0 Å². The van der Waals surface area contributed by atoms with Crippen LogP contribution in [-0.2, 0) is 19.3 Å². The summed E-state index contributed by atoms with van der Waals surface area (Å²) in [5, 5.41) is 17.5. The Morgan fingerprint density at radius 1 is 1.03 bits per heavy atom. The molecule has 2 heterocycles. The highest BCUT2D eigenvalue weighted by Crippen LogP contribution is 2.31. The standard InChI is InChI=1S/C21H14ClF6N5O3/c22-14-6-4-11(5-7-14)18-30-33(19(35)32(18)9-15(34)21(26,27)28)10-16-29-17(31-36-16)12-2-1-3-13(8-12)20(23,24)25/h1-8,15,34H,9-10H2. The summed E-state index contributed by atoms with van der Waals surface area (Å²) in [4.78, 5) is 16.8. The number of alkyl halides is 6. The highest BCUT2D eigenvalue weighted by Gasteiger charge is 2.39. The molecule has 0 amide bonds. The summed E-state index contributed by atoms with van der Waals surface area (Å²) in [7, 11) is 0. The first-order valence-corrected chi connectivity index (χ1v) is 10.4. The topological polar surface area (TPSA) is 99.0 Å². The molecule has 0 radical (unpaired) electrons. The van der Waals surface area contributed by atoms with Gasteiger partial charge in [-0.2, -0.15) is 31.3 Å². The molecule has 0 spiro atoms. The van der Waals surface area contributed by atoms with Gasteiger partial charge in [-0.15, -0.1) is 5.10 Å². The summed E-state index contributed by atoms with van der Waals surface area (Å²) in [5.74, 6) is -0.639. The first-order valence-electron chi connectivity index (χ1n) is 10.0. The fourth-order valence-corrected chi connectivity index (χ4v) is 3.32. The summed E-state index contributed by atoms with van der Waals surface area (Å²) >= 11 is 5.84. The van der Waals surface area contributed by atoms with Crippen LogP contribution in [-0.4, -0.2) is 41.9 Å². The molecule has 0 aliphatic rings. The molecule has 0 saturated heterocycles. The third-order valence-corrected chi connectivity index (χ3v) is 5.21. The van der Waals surface area contributed by atoms with Crippen LogP contribution >= 0.6 is 11.6 Å². The van der Waals surface area contributed by atoms with Gasteiger partial charge in [0.25, 0.3) is 0 Å². The molecule has 1 unspecified atom stereocenters. The number of halogens is 7.